The van der Waals surface area contributed by atoms with Gasteiger partial charge >= 0.3 is 6.01 Å². The van der Waals surface area contributed by atoms with Crippen LogP contribution in [0.4, 0.5) is 5.69 Å². The molecule has 15 heavy (non-hydrogen) atoms. The topological polar surface area (TPSA) is 38.2 Å². The van der Waals surface area contributed by atoms with E-state index in [2.05, 4.69) is 9.97 Å². The van der Waals surface area contributed by atoms with Gasteiger partial charge in [0.1, 0.15) is 0 Å². The SMILES string of the molecule is ClN(Oc1ncccn1)c1ccccc1. The van der Waals surface area contributed by atoms with Gasteiger partial charge in [-0.2, -0.15) is 0 Å². The minimum absolute atomic E-state index is 0.205. The van der Waals surface area contributed by atoms with E-state index in [0.717, 1.165) is 4.58 Å². The largest absolute Gasteiger partial charge is 0.344 e. The quantitative estimate of drug-likeness (QED) is 0.590. The van der Waals surface area contributed by atoms with E-state index in [1.54, 1.807) is 18.5 Å². The zero-order valence-electron chi connectivity index (χ0n) is 7.75. The fraction of sp³-hybridized carbons (Fsp3) is 0. The number of nitrogens with zero attached hydrogens (tertiary/aromatic N) is 3. The van der Waals surface area contributed by atoms with Crippen LogP contribution in [-0.4, -0.2) is 9.97 Å². The molecule has 0 N–H and O–H groups in total. The molecule has 0 saturated heterocycles. The second-order valence-electron chi connectivity index (χ2n) is 2.70. The fourth-order valence-corrected chi connectivity index (χ4v) is 1.18. The van der Waals surface area contributed by atoms with Gasteiger partial charge in [0.15, 0.2) is 0 Å². The number of para-hydroxylation sites is 1. The standard InChI is InChI=1S/C10H8ClN3O/c11-14(9-5-2-1-3-6-9)15-10-12-7-4-8-13-10/h1-8H. The van der Waals surface area contributed by atoms with Gasteiger partial charge in [0.25, 0.3) is 0 Å². The third-order valence-electron chi connectivity index (χ3n) is 1.66. The first-order chi connectivity index (χ1) is 7.36. The lowest BCUT2D eigenvalue weighted by Crippen LogP contribution is -2.16. The fourth-order valence-electron chi connectivity index (χ4n) is 1.00. The Kier molecular flexibility index (Phi) is 2.99. The second kappa shape index (κ2) is 4.61. The van der Waals surface area contributed by atoms with Gasteiger partial charge in [-0.15, -0.1) is 4.58 Å². The first-order valence-electron chi connectivity index (χ1n) is 4.32. The molecule has 1 aromatic heterocycles. The molecule has 0 aliphatic carbocycles. The molecule has 0 bridgehead atoms. The molecule has 1 heterocycles. The Morgan fingerprint density at radius 1 is 1.00 bits per heavy atom. The molecule has 0 atom stereocenters. The Hall–Kier alpha value is -1.81. The first-order valence-corrected chi connectivity index (χ1v) is 4.66. The van der Waals surface area contributed by atoms with Gasteiger partial charge in [0, 0.05) is 12.4 Å². The Balaban J connectivity index is 2.08. The summed E-state index contributed by atoms with van der Waals surface area (Å²) < 4.78 is 1.09. The van der Waals surface area contributed by atoms with Crippen molar-refractivity contribution in [2.24, 2.45) is 0 Å². The van der Waals surface area contributed by atoms with Gasteiger partial charge in [0.2, 0.25) is 0 Å². The van der Waals surface area contributed by atoms with E-state index < -0.39 is 0 Å². The van der Waals surface area contributed by atoms with E-state index in [0.29, 0.717) is 5.69 Å². The molecule has 76 valence electrons. The smallest absolute Gasteiger partial charge is 0.322 e. The van der Waals surface area contributed by atoms with Gasteiger partial charge in [0.05, 0.1) is 17.5 Å². The summed E-state index contributed by atoms with van der Waals surface area (Å²) in [4.78, 5) is 12.9. The molecule has 0 radical (unpaired) electrons. The maximum atomic E-state index is 5.87. The lowest BCUT2D eigenvalue weighted by molar-refractivity contribution is 0.318. The lowest BCUT2D eigenvalue weighted by Gasteiger charge is -2.13. The first kappa shape index (κ1) is 9.73. The number of aromatic nitrogens is 2. The van der Waals surface area contributed by atoms with Crippen LogP contribution >= 0.6 is 11.8 Å². The van der Waals surface area contributed by atoms with Crippen molar-refractivity contribution >= 4 is 17.5 Å². The highest BCUT2D eigenvalue weighted by atomic mass is 35.5. The molecular formula is C10H8ClN3O. The van der Waals surface area contributed by atoms with E-state index in [1.807, 2.05) is 30.3 Å². The van der Waals surface area contributed by atoms with Gasteiger partial charge in [-0.05, 0) is 18.2 Å². The van der Waals surface area contributed by atoms with E-state index in [1.165, 1.54) is 0 Å². The average Bonchev–Trinajstić information content (AvgIpc) is 2.31. The molecule has 0 fully saturated rings. The van der Waals surface area contributed by atoms with Crippen molar-refractivity contribution in [3.05, 3.63) is 48.8 Å². The molecule has 0 amide bonds. The van der Waals surface area contributed by atoms with Crippen molar-refractivity contribution in [3.63, 3.8) is 0 Å². The van der Waals surface area contributed by atoms with Gasteiger partial charge in [-0.3, -0.25) is 0 Å². The highest BCUT2D eigenvalue weighted by molar-refractivity contribution is 6.24. The van der Waals surface area contributed by atoms with Crippen LogP contribution in [0, 0.1) is 0 Å². The van der Waals surface area contributed by atoms with Crippen LogP contribution in [-0.2, 0) is 0 Å². The third kappa shape index (κ3) is 2.57. The molecule has 2 aromatic rings. The summed E-state index contributed by atoms with van der Waals surface area (Å²) in [6.07, 6.45) is 3.16. The Labute approximate surface area is 92.2 Å². The van der Waals surface area contributed by atoms with Crippen LogP contribution in [0.25, 0.3) is 0 Å². The minimum atomic E-state index is 0.205. The van der Waals surface area contributed by atoms with E-state index in [-0.39, 0.29) is 6.01 Å². The van der Waals surface area contributed by atoms with Crippen LogP contribution in [0.2, 0.25) is 0 Å². The molecule has 5 heteroatoms. The number of hydrogen-bond donors (Lipinski definition) is 0. The number of anilines is 1. The molecule has 0 unspecified atom stereocenters. The van der Waals surface area contributed by atoms with Crippen molar-refractivity contribution in [1.29, 1.82) is 0 Å². The Bertz CT molecular complexity index is 410. The summed E-state index contributed by atoms with van der Waals surface area (Å²) in [6, 6.07) is 11.2. The Morgan fingerprint density at radius 3 is 2.33 bits per heavy atom. The van der Waals surface area contributed by atoms with Crippen molar-refractivity contribution in [2.45, 2.75) is 0 Å². The molecule has 0 saturated carbocycles. The van der Waals surface area contributed by atoms with E-state index >= 15 is 0 Å². The molecule has 1 aromatic carbocycles. The summed E-state index contributed by atoms with van der Waals surface area (Å²) in [5, 5.41) is 0. The van der Waals surface area contributed by atoms with Crippen LogP contribution < -0.4 is 9.42 Å². The average molecular weight is 222 g/mol. The maximum absolute atomic E-state index is 5.87. The van der Waals surface area contributed by atoms with Crippen LogP contribution in [0.15, 0.2) is 48.8 Å². The normalized spacial score (nSPS) is 9.67. The number of hydrogen-bond acceptors (Lipinski definition) is 4. The zero-order valence-corrected chi connectivity index (χ0v) is 8.50. The summed E-state index contributed by atoms with van der Waals surface area (Å²) in [5.74, 6) is 0. The predicted molar refractivity (Wildman–Crippen MR) is 57.4 cm³/mol. The summed E-state index contributed by atoms with van der Waals surface area (Å²) >= 11 is 5.87. The highest BCUT2D eigenvalue weighted by Crippen LogP contribution is 2.16. The zero-order chi connectivity index (χ0) is 10.5. The lowest BCUT2D eigenvalue weighted by atomic mass is 10.3. The van der Waals surface area contributed by atoms with Crippen molar-refractivity contribution in [1.82, 2.24) is 9.97 Å². The van der Waals surface area contributed by atoms with Gasteiger partial charge in [-0.25, -0.2) is 9.97 Å². The number of rotatable bonds is 3. The van der Waals surface area contributed by atoms with Crippen molar-refractivity contribution < 1.29 is 4.84 Å². The number of halogens is 1. The van der Waals surface area contributed by atoms with E-state index in [4.69, 9.17) is 16.6 Å². The van der Waals surface area contributed by atoms with Gasteiger partial charge < -0.3 is 4.84 Å². The van der Waals surface area contributed by atoms with Gasteiger partial charge in [-0.1, -0.05) is 18.2 Å². The molecule has 0 aliphatic rings. The number of benzene rings is 1. The highest BCUT2D eigenvalue weighted by Gasteiger charge is 2.05. The Morgan fingerprint density at radius 2 is 1.67 bits per heavy atom. The molecule has 0 aliphatic heterocycles. The second-order valence-corrected chi connectivity index (χ2v) is 3.01. The molecular weight excluding hydrogens is 214 g/mol. The molecule has 4 nitrogen and oxygen atoms in total. The van der Waals surface area contributed by atoms with Crippen LogP contribution in [0.5, 0.6) is 6.01 Å². The van der Waals surface area contributed by atoms with Crippen LogP contribution in [0.1, 0.15) is 0 Å². The minimum Gasteiger partial charge on any atom is -0.322 e. The summed E-state index contributed by atoms with van der Waals surface area (Å²) in [7, 11) is 0. The molecule has 2 rings (SSSR count). The summed E-state index contributed by atoms with van der Waals surface area (Å²) in [5.41, 5.74) is 0.714. The molecule has 0 spiro atoms. The summed E-state index contributed by atoms with van der Waals surface area (Å²) in [6.45, 7) is 0. The van der Waals surface area contributed by atoms with E-state index in [9.17, 15) is 0 Å². The monoisotopic (exact) mass is 221 g/mol. The van der Waals surface area contributed by atoms with Crippen molar-refractivity contribution in [3.8, 4) is 6.01 Å². The van der Waals surface area contributed by atoms with Crippen molar-refractivity contribution in [2.75, 3.05) is 4.58 Å². The van der Waals surface area contributed by atoms with Crippen LogP contribution in [0.3, 0.4) is 0 Å². The third-order valence-corrected chi connectivity index (χ3v) is 1.93. The maximum Gasteiger partial charge on any atom is 0.344 e. The predicted octanol–water partition coefficient (Wildman–Crippen LogP) is 2.43.